The fourth-order valence-corrected chi connectivity index (χ4v) is 3.47. The summed E-state index contributed by atoms with van der Waals surface area (Å²) in [6.07, 6.45) is 4.31. The molecule has 0 spiro atoms. The van der Waals surface area contributed by atoms with Crippen molar-refractivity contribution in [2.45, 2.75) is 19.0 Å². The number of fused-ring (bicyclic) bond motifs is 1. The van der Waals surface area contributed by atoms with Gasteiger partial charge in [-0.2, -0.15) is 11.8 Å². The molecule has 140 valence electrons. The number of hydrogen-bond acceptors (Lipinski definition) is 3. The molecule has 0 aliphatic rings. The van der Waals surface area contributed by atoms with Crippen molar-refractivity contribution in [2.75, 3.05) is 12.0 Å². The van der Waals surface area contributed by atoms with Crippen LogP contribution in [0.3, 0.4) is 0 Å². The number of carboxylic acid groups (broad SMARTS) is 1. The highest BCUT2D eigenvalue weighted by Crippen LogP contribution is 2.19. The topological polar surface area (TPSA) is 71.3 Å². The average Bonchev–Trinajstić information content (AvgIpc) is 3.07. The van der Waals surface area contributed by atoms with Crippen molar-refractivity contribution >= 4 is 34.5 Å². The third kappa shape index (κ3) is 4.71. The molecule has 2 aromatic carbocycles. The molecule has 1 atom stereocenters. The number of carboxylic acids is 1. The lowest BCUT2D eigenvalue weighted by atomic mass is 10.1. The van der Waals surface area contributed by atoms with Crippen molar-refractivity contribution in [3.63, 3.8) is 0 Å². The van der Waals surface area contributed by atoms with E-state index in [1.807, 2.05) is 42.8 Å². The summed E-state index contributed by atoms with van der Waals surface area (Å²) < 4.78 is 2.13. The highest BCUT2D eigenvalue weighted by molar-refractivity contribution is 7.98. The minimum Gasteiger partial charge on any atom is -0.480 e. The molecule has 0 saturated carbocycles. The van der Waals surface area contributed by atoms with Gasteiger partial charge in [0.05, 0.1) is 0 Å². The van der Waals surface area contributed by atoms with E-state index < -0.39 is 12.0 Å². The van der Waals surface area contributed by atoms with E-state index in [0.29, 0.717) is 17.7 Å². The number of rotatable bonds is 8. The summed E-state index contributed by atoms with van der Waals surface area (Å²) in [5.74, 6) is -0.688. The highest BCUT2D eigenvalue weighted by Gasteiger charge is 2.20. The molecular weight excluding hydrogens is 360 g/mol. The van der Waals surface area contributed by atoms with Crippen molar-refractivity contribution in [1.29, 1.82) is 0 Å². The van der Waals surface area contributed by atoms with Crippen LogP contribution in [0.15, 0.2) is 60.8 Å². The Labute approximate surface area is 162 Å². The van der Waals surface area contributed by atoms with Gasteiger partial charge in [0.2, 0.25) is 0 Å². The Balaban J connectivity index is 1.76. The van der Waals surface area contributed by atoms with Gasteiger partial charge in [-0.3, -0.25) is 4.79 Å². The maximum absolute atomic E-state index is 12.5. The van der Waals surface area contributed by atoms with Crippen LogP contribution in [0.4, 0.5) is 0 Å². The maximum Gasteiger partial charge on any atom is 0.326 e. The fraction of sp³-hybridized carbons (Fsp3) is 0.238. The van der Waals surface area contributed by atoms with Gasteiger partial charge in [0, 0.05) is 29.2 Å². The van der Waals surface area contributed by atoms with E-state index in [1.165, 1.54) is 5.56 Å². The van der Waals surface area contributed by atoms with Crippen LogP contribution >= 0.6 is 11.8 Å². The molecule has 0 aliphatic carbocycles. The van der Waals surface area contributed by atoms with Gasteiger partial charge in [0.25, 0.3) is 5.91 Å². The lowest BCUT2D eigenvalue weighted by Crippen LogP contribution is -2.41. The van der Waals surface area contributed by atoms with Gasteiger partial charge in [0.15, 0.2) is 0 Å². The molecule has 0 radical (unpaired) electrons. The van der Waals surface area contributed by atoms with E-state index >= 15 is 0 Å². The SMILES string of the molecule is CSCC[C@@H](NC(=O)c1ccc2c(ccn2Cc2ccccc2)c1)C(=O)O. The summed E-state index contributed by atoms with van der Waals surface area (Å²) in [4.78, 5) is 23.8. The number of amides is 1. The van der Waals surface area contributed by atoms with Crippen molar-refractivity contribution < 1.29 is 14.7 Å². The van der Waals surface area contributed by atoms with Crippen LogP contribution in [0.2, 0.25) is 0 Å². The Morgan fingerprint density at radius 2 is 1.93 bits per heavy atom. The summed E-state index contributed by atoms with van der Waals surface area (Å²) in [5.41, 5.74) is 2.71. The Kier molecular flexibility index (Phi) is 6.19. The van der Waals surface area contributed by atoms with Gasteiger partial charge in [0.1, 0.15) is 6.04 Å². The van der Waals surface area contributed by atoms with Crippen LogP contribution in [-0.4, -0.2) is 39.6 Å². The summed E-state index contributed by atoms with van der Waals surface area (Å²) >= 11 is 1.56. The van der Waals surface area contributed by atoms with E-state index in [4.69, 9.17) is 0 Å². The van der Waals surface area contributed by atoms with E-state index in [-0.39, 0.29) is 5.91 Å². The first kappa shape index (κ1) is 19.0. The zero-order valence-corrected chi connectivity index (χ0v) is 15.9. The molecule has 0 fully saturated rings. The number of carbonyl (C=O) groups is 2. The molecule has 1 amide bonds. The number of hydrogen-bond donors (Lipinski definition) is 2. The Hall–Kier alpha value is -2.73. The second kappa shape index (κ2) is 8.77. The lowest BCUT2D eigenvalue weighted by Gasteiger charge is -2.14. The number of nitrogens with one attached hydrogen (secondary N) is 1. The van der Waals surface area contributed by atoms with Gasteiger partial charge in [-0.1, -0.05) is 30.3 Å². The molecule has 6 heteroatoms. The van der Waals surface area contributed by atoms with Crippen LogP contribution in [0.5, 0.6) is 0 Å². The molecule has 2 N–H and O–H groups in total. The minimum absolute atomic E-state index is 0.360. The molecule has 3 rings (SSSR count). The number of benzene rings is 2. The van der Waals surface area contributed by atoms with Crippen molar-refractivity contribution in [3.8, 4) is 0 Å². The van der Waals surface area contributed by atoms with E-state index in [0.717, 1.165) is 17.4 Å². The molecule has 1 aromatic heterocycles. The van der Waals surface area contributed by atoms with Crippen molar-refractivity contribution in [2.24, 2.45) is 0 Å². The van der Waals surface area contributed by atoms with Gasteiger partial charge in [-0.05, 0) is 48.3 Å². The van der Waals surface area contributed by atoms with Gasteiger partial charge in [-0.15, -0.1) is 0 Å². The van der Waals surface area contributed by atoms with Crippen molar-refractivity contribution in [3.05, 3.63) is 71.9 Å². The lowest BCUT2D eigenvalue weighted by molar-refractivity contribution is -0.139. The third-order valence-electron chi connectivity index (χ3n) is 4.44. The predicted octanol–water partition coefficient (Wildman–Crippen LogP) is 3.63. The summed E-state index contributed by atoms with van der Waals surface area (Å²) in [7, 11) is 0. The van der Waals surface area contributed by atoms with Gasteiger partial charge >= 0.3 is 5.97 Å². The molecular formula is C21H22N2O3S. The van der Waals surface area contributed by atoms with Crippen LogP contribution in [0.25, 0.3) is 10.9 Å². The molecule has 5 nitrogen and oxygen atoms in total. The van der Waals surface area contributed by atoms with E-state index in [9.17, 15) is 14.7 Å². The number of nitrogens with zero attached hydrogens (tertiary/aromatic N) is 1. The third-order valence-corrected chi connectivity index (χ3v) is 5.09. The molecule has 0 bridgehead atoms. The monoisotopic (exact) mass is 382 g/mol. The van der Waals surface area contributed by atoms with Crippen LogP contribution in [-0.2, 0) is 11.3 Å². The quantitative estimate of drug-likeness (QED) is 0.624. The first-order valence-corrected chi connectivity index (χ1v) is 10.1. The predicted molar refractivity (Wildman–Crippen MR) is 109 cm³/mol. The van der Waals surface area contributed by atoms with E-state index in [1.54, 1.807) is 23.9 Å². The molecule has 0 aliphatic heterocycles. The Morgan fingerprint density at radius 1 is 1.15 bits per heavy atom. The fourth-order valence-electron chi connectivity index (χ4n) is 2.99. The Bertz CT molecular complexity index is 937. The number of aromatic nitrogens is 1. The first-order valence-electron chi connectivity index (χ1n) is 8.74. The highest BCUT2D eigenvalue weighted by atomic mass is 32.2. The zero-order chi connectivity index (χ0) is 19.2. The first-order chi connectivity index (χ1) is 13.1. The second-order valence-electron chi connectivity index (χ2n) is 6.35. The number of aliphatic carboxylic acids is 1. The number of carbonyl (C=O) groups excluding carboxylic acids is 1. The van der Waals surface area contributed by atoms with Gasteiger partial charge in [-0.25, -0.2) is 4.79 Å². The smallest absolute Gasteiger partial charge is 0.326 e. The van der Waals surface area contributed by atoms with Crippen LogP contribution < -0.4 is 5.32 Å². The largest absolute Gasteiger partial charge is 0.480 e. The average molecular weight is 382 g/mol. The van der Waals surface area contributed by atoms with Crippen molar-refractivity contribution in [1.82, 2.24) is 9.88 Å². The minimum atomic E-state index is -1.01. The molecule has 1 heterocycles. The number of thioether (sulfide) groups is 1. The second-order valence-corrected chi connectivity index (χ2v) is 7.33. The maximum atomic E-state index is 12.5. The summed E-state index contributed by atoms with van der Waals surface area (Å²) in [6.45, 7) is 0.756. The van der Waals surface area contributed by atoms with Crippen LogP contribution in [0.1, 0.15) is 22.3 Å². The molecule has 0 unspecified atom stereocenters. The van der Waals surface area contributed by atoms with Gasteiger partial charge < -0.3 is 15.0 Å². The standard InChI is InChI=1S/C21H22N2O3S/c1-27-12-10-18(21(25)26)22-20(24)17-7-8-19-16(13-17)9-11-23(19)14-15-5-3-2-4-6-15/h2-9,11,13,18H,10,12,14H2,1H3,(H,22,24)(H,25,26)/t18-/m1/s1. The normalized spacial score (nSPS) is 12.0. The van der Waals surface area contributed by atoms with Crippen LogP contribution in [0, 0.1) is 0 Å². The summed E-state index contributed by atoms with van der Waals surface area (Å²) in [6, 6.07) is 16.7. The molecule has 27 heavy (non-hydrogen) atoms. The zero-order valence-electron chi connectivity index (χ0n) is 15.1. The Morgan fingerprint density at radius 3 is 2.63 bits per heavy atom. The summed E-state index contributed by atoms with van der Waals surface area (Å²) in [5, 5.41) is 12.9. The van der Waals surface area contributed by atoms with E-state index in [2.05, 4.69) is 22.0 Å². The molecule has 3 aromatic rings. The molecule has 0 saturated heterocycles.